The van der Waals surface area contributed by atoms with Crippen LogP contribution in [0.5, 0.6) is 0 Å². The fourth-order valence-corrected chi connectivity index (χ4v) is 1.46. The van der Waals surface area contributed by atoms with Crippen LogP contribution in [-0.4, -0.2) is 24.3 Å². The van der Waals surface area contributed by atoms with Crippen molar-refractivity contribution in [3.63, 3.8) is 0 Å². The topological polar surface area (TPSA) is 50.7 Å². The van der Waals surface area contributed by atoms with E-state index in [0.29, 0.717) is 0 Å². The number of hydrogen-bond donors (Lipinski definition) is 1. The van der Waals surface area contributed by atoms with Crippen LogP contribution >= 0.6 is 15.9 Å². The molecule has 1 N–H and O–H groups in total. The van der Waals surface area contributed by atoms with E-state index in [9.17, 15) is 4.79 Å². The molecule has 0 radical (unpaired) electrons. The first-order valence-corrected chi connectivity index (χ1v) is 6.38. The summed E-state index contributed by atoms with van der Waals surface area (Å²) in [6, 6.07) is 7.61. The van der Waals surface area contributed by atoms with Gasteiger partial charge in [0.1, 0.15) is 0 Å². The van der Waals surface area contributed by atoms with Crippen molar-refractivity contribution in [1.29, 1.82) is 0 Å². The Morgan fingerprint density at radius 1 is 1.39 bits per heavy atom. The highest BCUT2D eigenvalue weighted by molar-refractivity contribution is 9.10. The average molecular weight is 313 g/mol. The first-order chi connectivity index (χ1) is 8.37. The number of amides is 1. The summed E-state index contributed by atoms with van der Waals surface area (Å²) in [7, 11) is 0. The van der Waals surface area contributed by atoms with Crippen LogP contribution in [0.15, 0.2) is 33.9 Å². The van der Waals surface area contributed by atoms with E-state index >= 15 is 0 Å². The van der Waals surface area contributed by atoms with Gasteiger partial charge in [-0.15, -0.1) is 0 Å². The maximum Gasteiger partial charge on any atom is 0.261 e. The maximum atomic E-state index is 11.4. The van der Waals surface area contributed by atoms with E-state index in [4.69, 9.17) is 4.84 Å². The molecule has 1 aromatic carbocycles. The van der Waals surface area contributed by atoms with Gasteiger partial charge < -0.3 is 10.2 Å². The fourth-order valence-electron chi connectivity index (χ4n) is 1.20. The lowest BCUT2D eigenvalue weighted by Crippen LogP contribution is -2.42. The van der Waals surface area contributed by atoms with Crippen LogP contribution in [-0.2, 0) is 9.63 Å². The van der Waals surface area contributed by atoms with Crippen LogP contribution in [0.2, 0.25) is 0 Å². The number of carbonyl (C=O) groups is 1. The molecule has 0 aliphatic heterocycles. The minimum atomic E-state index is -0.254. The van der Waals surface area contributed by atoms with Gasteiger partial charge in [-0.05, 0) is 38.5 Å². The van der Waals surface area contributed by atoms with Crippen molar-refractivity contribution < 1.29 is 9.63 Å². The smallest absolute Gasteiger partial charge is 0.261 e. The highest BCUT2D eigenvalue weighted by Gasteiger charge is 2.13. The zero-order valence-electron chi connectivity index (χ0n) is 10.7. The number of hydrogen-bond acceptors (Lipinski definition) is 3. The van der Waals surface area contributed by atoms with Gasteiger partial charge in [-0.3, -0.25) is 4.79 Å². The van der Waals surface area contributed by atoms with Crippen LogP contribution in [0.3, 0.4) is 0 Å². The van der Waals surface area contributed by atoms with Gasteiger partial charge in [0.15, 0.2) is 6.61 Å². The standard InChI is InChI=1S/C13H17BrN2O2/c1-13(2,3)16-12(17)9-18-15-8-10-4-6-11(14)7-5-10/h4-8H,9H2,1-3H3,(H,16,17)/b15-8-. The number of nitrogens with zero attached hydrogens (tertiary/aromatic N) is 1. The van der Waals surface area contributed by atoms with Gasteiger partial charge in [0.25, 0.3) is 5.91 Å². The predicted octanol–water partition coefficient (Wildman–Crippen LogP) is 2.71. The van der Waals surface area contributed by atoms with Crippen LogP contribution in [0.4, 0.5) is 0 Å². The third kappa shape index (κ3) is 6.39. The van der Waals surface area contributed by atoms with Gasteiger partial charge in [-0.1, -0.05) is 33.2 Å². The number of carbonyl (C=O) groups excluding carboxylic acids is 1. The van der Waals surface area contributed by atoms with Crippen LogP contribution in [0, 0.1) is 0 Å². The van der Waals surface area contributed by atoms with Crippen molar-refractivity contribution in [2.45, 2.75) is 26.3 Å². The summed E-state index contributed by atoms with van der Waals surface area (Å²) in [4.78, 5) is 16.3. The van der Waals surface area contributed by atoms with Gasteiger partial charge >= 0.3 is 0 Å². The number of nitrogens with one attached hydrogen (secondary N) is 1. The predicted molar refractivity (Wildman–Crippen MR) is 75.6 cm³/mol. The summed E-state index contributed by atoms with van der Waals surface area (Å²) in [6.45, 7) is 5.66. The van der Waals surface area contributed by atoms with Crippen molar-refractivity contribution in [3.05, 3.63) is 34.3 Å². The zero-order chi connectivity index (χ0) is 13.6. The molecule has 1 aromatic rings. The normalized spacial score (nSPS) is 11.6. The van der Waals surface area contributed by atoms with Crippen molar-refractivity contribution >= 4 is 28.1 Å². The average Bonchev–Trinajstić information content (AvgIpc) is 2.24. The summed E-state index contributed by atoms with van der Waals surface area (Å²) in [6.07, 6.45) is 1.57. The number of oxime groups is 1. The quantitative estimate of drug-likeness (QED) is 0.686. The molecule has 0 fully saturated rings. The van der Waals surface area contributed by atoms with Crippen LogP contribution in [0.1, 0.15) is 26.3 Å². The second-order valence-electron chi connectivity index (χ2n) is 4.86. The second kappa shape index (κ2) is 6.54. The molecule has 0 unspecified atom stereocenters. The third-order valence-electron chi connectivity index (χ3n) is 1.86. The van der Waals surface area contributed by atoms with Crippen LogP contribution in [0.25, 0.3) is 0 Å². The largest absolute Gasteiger partial charge is 0.386 e. The van der Waals surface area contributed by atoms with E-state index in [0.717, 1.165) is 10.0 Å². The summed E-state index contributed by atoms with van der Waals surface area (Å²) < 4.78 is 1.00. The Labute approximate surface area is 116 Å². The van der Waals surface area contributed by atoms with E-state index in [1.807, 2.05) is 45.0 Å². The molecule has 0 aromatic heterocycles. The summed E-state index contributed by atoms with van der Waals surface area (Å²) in [5.41, 5.74) is 0.657. The lowest BCUT2D eigenvalue weighted by molar-refractivity contribution is -0.127. The Morgan fingerprint density at radius 3 is 2.56 bits per heavy atom. The third-order valence-corrected chi connectivity index (χ3v) is 2.39. The number of benzene rings is 1. The van der Waals surface area contributed by atoms with Crippen LogP contribution < -0.4 is 5.32 Å². The molecule has 98 valence electrons. The van der Waals surface area contributed by atoms with Gasteiger partial charge in [-0.2, -0.15) is 0 Å². The monoisotopic (exact) mass is 312 g/mol. The minimum absolute atomic E-state index is 0.0791. The summed E-state index contributed by atoms with van der Waals surface area (Å²) in [5.74, 6) is -0.185. The van der Waals surface area contributed by atoms with Crippen molar-refractivity contribution in [2.75, 3.05) is 6.61 Å². The van der Waals surface area contributed by atoms with Crippen molar-refractivity contribution in [3.8, 4) is 0 Å². The molecule has 0 aliphatic rings. The molecule has 0 bridgehead atoms. The molecule has 0 saturated carbocycles. The molecule has 1 amide bonds. The molecule has 5 heteroatoms. The summed E-state index contributed by atoms with van der Waals surface area (Å²) >= 11 is 3.35. The van der Waals surface area contributed by atoms with Crippen molar-refractivity contribution in [1.82, 2.24) is 5.32 Å². The highest BCUT2D eigenvalue weighted by Crippen LogP contribution is 2.09. The zero-order valence-corrected chi connectivity index (χ0v) is 12.3. The molecular weight excluding hydrogens is 296 g/mol. The Bertz CT molecular complexity index is 422. The molecular formula is C13H17BrN2O2. The molecule has 0 spiro atoms. The van der Waals surface area contributed by atoms with Gasteiger partial charge in [-0.25, -0.2) is 0 Å². The van der Waals surface area contributed by atoms with Gasteiger partial charge in [0.05, 0.1) is 6.21 Å². The lowest BCUT2D eigenvalue weighted by atomic mass is 10.1. The Kier molecular flexibility index (Phi) is 5.34. The Balaban J connectivity index is 2.33. The van der Waals surface area contributed by atoms with E-state index in [1.54, 1.807) is 6.21 Å². The molecule has 0 aliphatic carbocycles. The molecule has 18 heavy (non-hydrogen) atoms. The first-order valence-electron chi connectivity index (χ1n) is 5.59. The minimum Gasteiger partial charge on any atom is -0.386 e. The van der Waals surface area contributed by atoms with Gasteiger partial charge in [0, 0.05) is 10.0 Å². The van der Waals surface area contributed by atoms with E-state index < -0.39 is 0 Å². The molecule has 0 heterocycles. The number of rotatable bonds is 4. The molecule has 1 rings (SSSR count). The second-order valence-corrected chi connectivity index (χ2v) is 5.77. The van der Waals surface area contributed by atoms with Gasteiger partial charge in [0.2, 0.25) is 0 Å². The van der Waals surface area contributed by atoms with E-state index in [-0.39, 0.29) is 18.1 Å². The van der Waals surface area contributed by atoms with E-state index in [1.165, 1.54) is 0 Å². The lowest BCUT2D eigenvalue weighted by Gasteiger charge is -2.19. The summed E-state index contributed by atoms with van der Waals surface area (Å²) in [5, 5.41) is 6.52. The SMILES string of the molecule is CC(C)(C)NC(=O)CO/N=C\c1ccc(Br)cc1. The molecule has 0 saturated heterocycles. The first kappa shape index (κ1) is 14.7. The Hall–Kier alpha value is -1.36. The maximum absolute atomic E-state index is 11.4. The molecule has 0 atom stereocenters. The highest BCUT2D eigenvalue weighted by atomic mass is 79.9. The van der Waals surface area contributed by atoms with Crippen molar-refractivity contribution in [2.24, 2.45) is 5.16 Å². The molecule has 4 nitrogen and oxygen atoms in total. The van der Waals surface area contributed by atoms with E-state index in [2.05, 4.69) is 26.4 Å². The number of halogens is 1. The fraction of sp³-hybridized carbons (Fsp3) is 0.385. The Morgan fingerprint density at radius 2 is 2.00 bits per heavy atom.